The van der Waals surface area contributed by atoms with Crippen LogP contribution in [0.2, 0.25) is 5.02 Å². The largest absolute Gasteiger partial charge is 0.468 e. The fraction of sp³-hybridized carbons (Fsp3) is 0.500. The van der Waals surface area contributed by atoms with Crippen molar-refractivity contribution >= 4 is 23.4 Å². The van der Waals surface area contributed by atoms with E-state index in [1.807, 2.05) is 12.1 Å². The first-order valence-corrected chi connectivity index (χ1v) is 11.6. The summed E-state index contributed by atoms with van der Waals surface area (Å²) in [6.45, 7) is 3.69. The smallest absolute Gasteiger partial charge is 0.253 e. The first-order valence-electron chi connectivity index (χ1n) is 11.2. The van der Waals surface area contributed by atoms with Gasteiger partial charge in [-0.05, 0) is 75.2 Å². The topological polar surface area (TPSA) is 65.8 Å². The van der Waals surface area contributed by atoms with Gasteiger partial charge in [0.25, 0.3) is 5.91 Å². The summed E-state index contributed by atoms with van der Waals surface area (Å²) in [6.07, 6.45) is 6.92. The van der Waals surface area contributed by atoms with Gasteiger partial charge in [0.15, 0.2) is 0 Å². The quantitative estimate of drug-likeness (QED) is 0.729. The van der Waals surface area contributed by atoms with Crippen LogP contribution < -0.4 is 5.32 Å². The van der Waals surface area contributed by atoms with E-state index in [1.54, 1.807) is 35.4 Å². The summed E-state index contributed by atoms with van der Waals surface area (Å²) in [5, 5.41) is 3.75. The summed E-state index contributed by atoms with van der Waals surface area (Å²) in [6, 6.07) is 10.8. The highest BCUT2D eigenvalue weighted by molar-refractivity contribution is 6.30. The van der Waals surface area contributed by atoms with E-state index >= 15 is 0 Å². The van der Waals surface area contributed by atoms with E-state index < -0.39 is 0 Å². The third kappa shape index (κ3) is 5.49. The van der Waals surface area contributed by atoms with Gasteiger partial charge < -0.3 is 14.6 Å². The van der Waals surface area contributed by atoms with Crippen molar-refractivity contribution < 1.29 is 14.0 Å². The maximum Gasteiger partial charge on any atom is 0.253 e. The normalized spacial score (nSPS) is 20.9. The molecule has 2 unspecified atom stereocenters. The van der Waals surface area contributed by atoms with E-state index in [4.69, 9.17) is 16.0 Å². The fourth-order valence-corrected chi connectivity index (χ4v) is 4.74. The Hall–Kier alpha value is -2.31. The SMILES string of the molecule is O=C(NCC(c1ccco1)N1CCCCC1)C1CCCN(C(=O)c2ccc(Cl)cc2)C1. The Morgan fingerprint density at radius 2 is 1.84 bits per heavy atom. The molecule has 2 aliphatic heterocycles. The zero-order valence-electron chi connectivity index (χ0n) is 17.8. The number of likely N-dealkylation sites (tertiary alicyclic amines) is 2. The van der Waals surface area contributed by atoms with Gasteiger partial charge in [0.1, 0.15) is 5.76 Å². The number of hydrogen-bond donors (Lipinski definition) is 1. The zero-order chi connectivity index (χ0) is 21.6. The van der Waals surface area contributed by atoms with Crippen molar-refractivity contribution in [1.29, 1.82) is 0 Å². The van der Waals surface area contributed by atoms with E-state index in [0.717, 1.165) is 31.7 Å². The molecule has 31 heavy (non-hydrogen) atoms. The number of amides is 2. The monoisotopic (exact) mass is 443 g/mol. The van der Waals surface area contributed by atoms with E-state index in [-0.39, 0.29) is 23.8 Å². The molecular formula is C24H30ClN3O3. The molecule has 166 valence electrons. The lowest BCUT2D eigenvalue weighted by Crippen LogP contribution is -2.47. The van der Waals surface area contributed by atoms with Crippen LogP contribution in [0.4, 0.5) is 0 Å². The van der Waals surface area contributed by atoms with E-state index in [2.05, 4.69) is 10.2 Å². The minimum Gasteiger partial charge on any atom is -0.468 e. The van der Waals surface area contributed by atoms with Gasteiger partial charge in [-0.15, -0.1) is 0 Å². The Kier molecular flexibility index (Phi) is 7.30. The highest BCUT2D eigenvalue weighted by Crippen LogP contribution is 2.25. The van der Waals surface area contributed by atoms with Crippen molar-refractivity contribution in [3.63, 3.8) is 0 Å². The van der Waals surface area contributed by atoms with Crippen LogP contribution in [0.25, 0.3) is 0 Å². The molecule has 2 amide bonds. The number of nitrogens with one attached hydrogen (secondary N) is 1. The molecule has 6 nitrogen and oxygen atoms in total. The molecule has 0 bridgehead atoms. The molecule has 2 aliphatic rings. The molecule has 7 heteroatoms. The van der Waals surface area contributed by atoms with Gasteiger partial charge in [-0.2, -0.15) is 0 Å². The number of carbonyl (C=O) groups excluding carboxylic acids is 2. The number of halogens is 1. The van der Waals surface area contributed by atoms with Gasteiger partial charge in [-0.25, -0.2) is 0 Å². The number of rotatable bonds is 6. The number of carbonyl (C=O) groups is 2. The molecule has 4 rings (SSSR count). The second kappa shape index (κ2) is 10.3. The summed E-state index contributed by atoms with van der Waals surface area (Å²) in [7, 11) is 0. The van der Waals surface area contributed by atoms with Crippen LogP contribution in [-0.4, -0.2) is 54.3 Å². The third-order valence-electron chi connectivity index (χ3n) is 6.34. The lowest BCUT2D eigenvalue weighted by molar-refractivity contribution is -0.126. The molecule has 2 fully saturated rings. The fourth-order valence-electron chi connectivity index (χ4n) is 4.61. The third-order valence-corrected chi connectivity index (χ3v) is 6.60. The minimum absolute atomic E-state index is 0.0159. The van der Waals surface area contributed by atoms with Crippen LogP contribution in [0, 0.1) is 5.92 Å². The lowest BCUT2D eigenvalue weighted by Gasteiger charge is -2.35. The molecule has 0 radical (unpaired) electrons. The highest BCUT2D eigenvalue weighted by Gasteiger charge is 2.30. The molecule has 2 aromatic rings. The number of piperidine rings is 2. The van der Waals surface area contributed by atoms with Crippen LogP contribution in [-0.2, 0) is 4.79 Å². The Morgan fingerprint density at radius 1 is 1.06 bits per heavy atom. The maximum atomic E-state index is 13.0. The molecule has 1 N–H and O–H groups in total. The molecular weight excluding hydrogens is 414 g/mol. The van der Waals surface area contributed by atoms with Crippen LogP contribution in [0.3, 0.4) is 0 Å². The number of nitrogens with zero attached hydrogens (tertiary/aromatic N) is 2. The number of hydrogen-bond acceptors (Lipinski definition) is 4. The number of benzene rings is 1. The molecule has 3 heterocycles. The summed E-state index contributed by atoms with van der Waals surface area (Å²) in [5.41, 5.74) is 0.605. The molecule has 0 saturated carbocycles. The second-order valence-electron chi connectivity index (χ2n) is 8.47. The molecule has 2 saturated heterocycles. The van der Waals surface area contributed by atoms with Crippen LogP contribution in [0.5, 0.6) is 0 Å². The summed E-state index contributed by atoms with van der Waals surface area (Å²) in [5.74, 6) is 0.673. The van der Waals surface area contributed by atoms with Gasteiger partial charge in [0, 0.05) is 30.2 Å². The molecule has 0 spiro atoms. The average molecular weight is 444 g/mol. The first-order chi connectivity index (χ1) is 15.1. The zero-order valence-corrected chi connectivity index (χ0v) is 18.5. The standard InChI is InChI=1S/C24H30ClN3O3/c25-20-10-8-18(9-11-20)24(30)28-14-4-6-19(17-28)23(29)26-16-21(22-7-5-15-31-22)27-12-2-1-3-13-27/h5,7-11,15,19,21H,1-4,6,12-14,16-17H2,(H,26,29). The first kappa shape index (κ1) is 21.9. The predicted molar refractivity (Wildman–Crippen MR) is 120 cm³/mol. The predicted octanol–water partition coefficient (Wildman–Crippen LogP) is 4.13. The van der Waals surface area contributed by atoms with Gasteiger partial charge in [-0.1, -0.05) is 18.0 Å². The molecule has 1 aromatic heterocycles. The van der Waals surface area contributed by atoms with Crippen molar-refractivity contribution in [1.82, 2.24) is 15.1 Å². The van der Waals surface area contributed by atoms with Crippen molar-refractivity contribution in [2.24, 2.45) is 5.92 Å². The highest BCUT2D eigenvalue weighted by atomic mass is 35.5. The summed E-state index contributed by atoms with van der Waals surface area (Å²) >= 11 is 5.93. The molecule has 0 aliphatic carbocycles. The van der Waals surface area contributed by atoms with Crippen molar-refractivity contribution in [3.8, 4) is 0 Å². The van der Waals surface area contributed by atoms with E-state index in [0.29, 0.717) is 30.2 Å². The van der Waals surface area contributed by atoms with Crippen LogP contribution in [0.15, 0.2) is 47.1 Å². The minimum atomic E-state index is -0.191. The number of furan rings is 1. The van der Waals surface area contributed by atoms with Crippen molar-refractivity contribution in [3.05, 3.63) is 59.0 Å². The Labute approximate surface area is 188 Å². The maximum absolute atomic E-state index is 13.0. The van der Waals surface area contributed by atoms with E-state index in [1.165, 1.54) is 19.3 Å². The van der Waals surface area contributed by atoms with Crippen LogP contribution >= 0.6 is 11.6 Å². The van der Waals surface area contributed by atoms with E-state index in [9.17, 15) is 9.59 Å². The Balaban J connectivity index is 1.36. The summed E-state index contributed by atoms with van der Waals surface area (Å²) in [4.78, 5) is 30.0. The average Bonchev–Trinajstić information content (AvgIpc) is 3.34. The van der Waals surface area contributed by atoms with Gasteiger partial charge in [0.05, 0.1) is 18.2 Å². The van der Waals surface area contributed by atoms with Crippen LogP contribution in [0.1, 0.15) is 54.3 Å². The lowest BCUT2D eigenvalue weighted by atomic mass is 9.96. The van der Waals surface area contributed by atoms with Gasteiger partial charge in [0.2, 0.25) is 5.91 Å². The Bertz CT molecular complexity index is 863. The second-order valence-corrected chi connectivity index (χ2v) is 8.91. The van der Waals surface area contributed by atoms with Crippen molar-refractivity contribution in [2.75, 3.05) is 32.7 Å². The summed E-state index contributed by atoms with van der Waals surface area (Å²) < 4.78 is 5.68. The van der Waals surface area contributed by atoms with Gasteiger partial charge >= 0.3 is 0 Å². The molecule has 1 aromatic carbocycles. The van der Waals surface area contributed by atoms with Gasteiger partial charge in [-0.3, -0.25) is 14.5 Å². The Morgan fingerprint density at radius 3 is 2.55 bits per heavy atom. The molecule has 2 atom stereocenters. The van der Waals surface area contributed by atoms with Crippen molar-refractivity contribution in [2.45, 2.75) is 38.1 Å².